The summed E-state index contributed by atoms with van der Waals surface area (Å²) in [4.78, 5) is 11.7. The van der Waals surface area contributed by atoms with Gasteiger partial charge in [-0.3, -0.25) is 0 Å². The highest BCUT2D eigenvalue weighted by Gasteiger charge is 2.11. The van der Waals surface area contributed by atoms with Gasteiger partial charge in [0.1, 0.15) is 5.75 Å². The smallest absolute Gasteiger partial charge is 0.338 e. The van der Waals surface area contributed by atoms with Gasteiger partial charge < -0.3 is 14.8 Å². The molecule has 2 rings (SSSR count). The summed E-state index contributed by atoms with van der Waals surface area (Å²) in [6.45, 7) is 4.37. The Kier molecular flexibility index (Phi) is 7.83. The van der Waals surface area contributed by atoms with Crippen molar-refractivity contribution in [3.63, 3.8) is 0 Å². The maximum absolute atomic E-state index is 11.7. The fraction of sp³-hybridized carbons (Fsp3) is 0.381. The second kappa shape index (κ2) is 10.4. The average molecular weight is 341 g/mol. The number of anilines is 1. The lowest BCUT2D eigenvalue weighted by atomic mass is 10.1. The number of para-hydroxylation sites is 1. The Morgan fingerprint density at radius 1 is 1.00 bits per heavy atom. The quantitative estimate of drug-likeness (QED) is 0.364. The Bertz CT molecular complexity index is 625. The molecule has 2 aromatic carbocycles. The maximum atomic E-state index is 11.7. The standard InChI is InChI=1S/C21H27NO3/c1-3-5-7-12-20(25-19-10-8-6-9-11-19)22-18-15-13-17(14-16-18)21(23)24-4-2/h6,8-11,13-16,20,22H,3-5,7,12H2,1-2H3. The van der Waals surface area contributed by atoms with Crippen LogP contribution in [-0.4, -0.2) is 18.8 Å². The number of ether oxygens (including phenoxy) is 2. The average Bonchev–Trinajstić information content (AvgIpc) is 2.63. The second-order valence-corrected chi connectivity index (χ2v) is 5.86. The van der Waals surface area contributed by atoms with Gasteiger partial charge in [0.2, 0.25) is 0 Å². The van der Waals surface area contributed by atoms with E-state index < -0.39 is 0 Å². The van der Waals surface area contributed by atoms with Crippen LogP contribution in [0.2, 0.25) is 0 Å². The van der Waals surface area contributed by atoms with Crippen LogP contribution in [0.5, 0.6) is 5.75 Å². The molecule has 0 radical (unpaired) electrons. The Hall–Kier alpha value is -2.49. The highest BCUT2D eigenvalue weighted by Crippen LogP contribution is 2.18. The van der Waals surface area contributed by atoms with Crippen LogP contribution < -0.4 is 10.1 Å². The molecule has 0 heterocycles. The molecule has 1 N–H and O–H groups in total. The third kappa shape index (κ3) is 6.49. The first kappa shape index (κ1) is 18.8. The summed E-state index contributed by atoms with van der Waals surface area (Å²) in [5.41, 5.74) is 1.48. The minimum atomic E-state index is -0.297. The molecule has 4 heteroatoms. The van der Waals surface area contributed by atoms with E-state index in [0.717, 1.165) is 24.3 Å². The molecule has 0 aliphatic heterocycles. The monoisotopic (exact) mass is 341 g/mol. The topological polar surface area (TPSA) is 47.6 Å². The van der Waals surface area contributed by atoms with E-state index in [1.54, 1.807) is 19.1 Å². The summed E-state index contributed by atoms with van der Waals surface area (Å²) in [5.74, 6) is 0.550. The van der Waals surface area contributed by atoms with Gasteiger partial charge in [0.15, 0.2) is 6.23 Å². The molecule has 0 spiro atoms. The number of hydrogen-bond acceptors (Lipinski definition) is 4. The fourth-order valence-electron chi connectivity index (χ4n) is 2.51. The Balaban J connectivity index is 2.00. The Labute approximate surface area is 150 Å². The van der Waals surface area contributed by atoms with Crippen LogP contribution in [-0.2, 0) is 4.74 Å². The zero-order chi connectivity index (χ0) is 17.9. The number of carbonyl (C=O) groups excluding carboxylic acids is 1. The molecule has 0 fully saturated rings. The zero-order valence-corrected chi connectivity index (χ0v) is 15.0. The first-order valence-corrected chi connectivity index (χ1v) is 8.98. The van der Waals surface area contributed by atoms with Crippen LogP contribution in [0.25, 0.3) is 0 Å². The van der Waals surface area contributed by atoms with Gasteiger partial charge in [-0.1, -0.05) is 38.0 Å². The molecule has 1 atom stereocenters. The van der Waals surface area contributed by atoms with E-state index in [2.05, 4.69) is 12.2 Å². The number of hydrogen-bond donors (Lipinski definition) is 1. The molecule has 25 heavy (non-hydrogen) atoms. The zero-order valence-electron chi connectivity index (χ0n) is 15.0. The molecular formula is C21H27NO3. The van der Waals surface area contributed by atoms with Gasteiger partial charge in [0.05, 0.1) is 12.2 Å². The molecule has 0 saturated carbocycles. The van der Waals surface area contributed by atoms with Crippen molar-refractivity contribution in [1.29, 1.82) is 0 Å². The lowest BCUT2D eigenvalue weighted by Gasteiger charge is -2.21. The predicted molar refractivity (Wildman–Crippen MR) is 101 cm³/mol. The van der Waals surface area contributed by atoms with Crippen LogP contribution >= 0.6 is 0 Å². The van der Waals surface area contributed by atoms with Gasteiger partial charge in [0.25, 0.3) is 0 Å². The molecule has 0 saturated heterocycles. The summed E-state index contributed by atoms with van der Waals surface area (Å²) in [5, 5.41) is 3.41. The molecule has 0 amide bonds. The van der Waals surface area contributed by atoms with Crippen molar-refractivity contribution < 1.29 is 14.3 Å². The van der Waals surface area contributed by atoms with Crippen molar-refractivity contribution in [3.05, 3.63) is 60.2 Å². The molecule has 0 bridgehead atoms. The molecular weight excluding hydrogens is 314 g/mol. The number of nitrogens with one attached hydrogen (secondary N) is 1. The number of esters is 1. The van der Waals surface area contributed by atoms with Crippen molar-refractivity contribution in [2.24, 2.45) is 0 Å². The lowest BCUT2D eigenvalue weighted by Crippen LogP contribution is -2.26. The van der Waals surface area contributed by atoms with Crippen LogP contribution in [0, 0.1) is 0 Å². The van der Waals surface area contributed by atoms with Crippen molar-refractivity contribution in [2.45, 2.75) is 45.8 Å². The van der Waals surface area contributed by atoms with E-state index in [4.69, 9.17) is 9.47 Å². The van der Waals surface area contributed by atoms with E-state index in [9.17, 15) is 4.79 Å². The molecule has 0 aliphatic rings. The fourth-order valence-corrected chi connectivity index (χ4v) is 2.51. The largest absolute Gasteiger partial charge is 0.471 e. The van der Waals surface area contributed by atoms with Crippen LogP contribution in [0.1, 0.15) is 49.9 Å². The summed E-state index contributed by atoms with van der Waals surface area (Å²) >= 11 is 0. The van der Waals surface area contributed by atoms with Gasteiger partial charge >= 0.3 is 5.97 Å². The number of rotatable bonds is 10. The molecule has 134 valence electrons. The van der Waals surface area contributed by atoms with E-state index >= 15 is 0 Å². The van der Waals surface area contributed by atoms with Crippen molar-refractivity contribution in [1.82, 2.24) is 0 Å². The normalized spacial score (nSPS) is 11.6. The maximum Gasteiger partial charge on any atom is 0.338 e. The van der Waals surface area contributed by atoms with Gasteiger partial charge in [0, 0.05) is 12.1 Å². The van der Waals surface area contributed by atoms with Crippen molar-refractivity contribution >= 4 is 11.7 Å². The second-order valence-electron chi connectivity index (χ2n) is 5.86. The summed E-state index contributed by atoms with van der Waals surface area (Å²) in [6.07, 6.45) is 4.26. The minimum absolute atomic E-state index is 0.109. The van der Waals surface area contributed by atoms with Gasteiger partial charge in [-0.2, -0.15) is 0 Å². The van der Waals surface area contributed by atoms with E-state index in [-0.39, 0.29) is 12.2 Å². The molecule has 0 aliphatic carbocycles. The third-order valence-electron chi connectivity index (χ3n) is 3.82. The Morgan fingerprint density at radius 3 is 2.36 bits per heavy atom. The van der Waals surface area contributed by atoms with Crippen LogP contribution in [0.15, 0.2) is 54.6 Å². The van der Waals surface area contributed by atoms with Crippen molar-refractivity contribution in [2.75, 3.05) is 11.9 Å². The molecule has 1 unspecified atom stereocenters. The summed E-state index contributed by atoms with van der Waals surface area (Å²) in [7, 11) is 0. The first-order valence-electron chi connectivity index (χ1n) is 8.98. The van der Waals surface area contributed by atoms with Gasteiger partial charge in [-0.05, 0) is 49.7 Å². The number of unbranched alkanes of at least 4 members (excludes halogenated alkanes) is 2. The molecule has 0 aromatic heterocycles. The highest BCUT2D eigenvalue weighted by atomic mass is 16.5. The predicted octanol–water partition coefficient (Wildman–Crippen LogP) is 5.26. The summed E-state index contributed by atoms with van der Waals surface area (Å²) < 4.78 is 11.1. The highest BCUT2D eigenvalue weighted by molar-refractivity contribution is 5.89. The molecule has 4 nitrogen and oxygen atoms in total. The van der Waals surface area contributed by atoms with E-state index in [1.807, 2.05) is 42.5 Å². The third-order valence-corrected chi connectivity index (χ3v) is 3.82. The van der Waals surface area contributed by atoms with Crippen molar-refractivity contribution in [3.8, 4) is 5.75 Å². The number of benzene rings is 2. The van der Waals surface area contributed by atoms with E-state index in [1.165, 1.54) is 12.8 Å². The van der Waals surface area contributed by atoms with Crippen LogP contribution in [0.4, 0.5) is 5.69 Å². The van der Waals surface area contributed by atoms with Crippen LogP contribution in [0.3, 0.4) is 0 Å². The van der Waals surface area contributed by atoms with Gasteiger partial charge in [-0.25, -0.2) is 4.79 Å². The first-order chi connectivity index (χ1) is 12.2. The van der Waals surface area contributed by atoms with E-state index in [0.29, 0.717) is 12.2 Å². The lowest BCUT2D eigenvalue weighted by molar-refractivity contribution is 0.0526. The summed E-state index contributed by atoms with van der Waals surface area (Å²) in [6, 6.07) is 17.1. The van der Waals surface area contributed by atoms with Gasteiger partial charge in [-0.15, -0.1) is 0 Å². The SMILES string of the molecule is CCCCCC(Nc1ccc(C(=O)OCC)cc1)Oc1ccccc1. The Morgan fingerprint density at radius 2 is 1.72 bits per heavy atom. The molecule has 2 aromatic rings. The number of carbonyl (C=O) groups is 1. The minimum Gasteiger partial charge on any atom is -0.471 e.